The van der Waals surface area contributed by atoms with Gasteiger partial charge in [-0.25, -0.2) is 0 Å². The van der Waals surface area contributed by atoms with Gasteiger partial charge in [-0.3, -0.25) is 0 Å². The SMILES string of the molecule is CC(C#Cc1ccccc1)[Si](C)(C)c1ccccc1. The van der Waals surface area contributed by atoms with Crippen molar-refractivity contribution in [2.24, 2.45) is 0 Å². The first-order chi connectivity index (χ1) is 9.10. The Balaban J connectivity index is 2.21. The molecule has 0 heterocycles. The van der Waals surface area contributed by atoms with E-state index in [0.717, 1.165) is 5.56 Å². The molecular weight excluding hydrogens is 244 g/mol. The summed E-state index contributed by atoms with van der Waals surface area (Å²) in [6, 6.07) is 21.0. The van der Waals surface area contributed by atoms with E-state index in [1.165, 1.54) is 5.19 Å². The van der Waals surface area contributed by atoms with Gasteiger partial charge in [0.2, 0.25) is 0 Å². The summed E-state index contributed by atoms with van der Waals surface area (Å²) in [6.07, 6.45) is 0. The number of benzene rings is 2. The van der Waals surface area contributed by atoms with Crippen LogP contribution in [0.15, 0.2) is 60.7 Å². The minimum atomic E-state index is -1.51. The molecule has 0 aliphatic heterocycles. The lowest BCUT2D eigenvalue weighted by Crippen LogP contribution is -2.44. The summed E-state index contributed by atoms with van der Waals surface area (Å²) >= 11 is 0. The van der Waals surface area contributed by atoms with Crippen LogP contribution in [0.3, 0.4) is 0 Å². The monoisotopic (exact) mass is 264 g/mol. The molecule has 0 aliphatic carbocycles. The van der Waals surface area contributed by atoms with Crippen LogP contribution >= 0.6 is 0 Å². The van der Waals surface area contributed by atoms with Gasteiger partial charge >= 0.3 is 0 Å². The first-order valence-corrected chi connectivity index (χ1v) is 9.80. The lowest BCUT2D eigenvalue weighted by molar-refractivity contribution is 1.18. The molecule has 0 nitrogen and oxygen atoms in total. The van der Waals surface area contributed by atoms with E-state index in [1.54, 1.807) is 0 Å². The van der Waals surface area contributed by atoms with Gasteiger partial charge in [0, 0.05) is 11.1 Å². The molecule has 0 radical (unpaired) electrons. The maximum Gasteiger partial charge on any atom is 0.0958 e. The number of rotatable bonds is 2. The summed E-state index contributed by atoms with van der Waals surface area (Å²) in [5, 5.41) is 1.48. The normalized spacial score (nSPS) is 12.4. The summed E-state index contributed by atoms with van der Waals surface area (Å²) in [7, 11) is -1.51. The van der Waals surface area contributed by atoms with Crippen LogP contribution in [0.2, 0.25) is 18.6 Å². The zero-order chi connectivity index (χ0) is 13.7. The lowest BCUT2D eigenvalue weighted by Gasteiger charge is -2.26. The highest BCUT2D eigenvalue weighted by molar-refractivity contribution is 6.91. The fraction of sp³-hybridized carbons (Fsp3) is 0.222. The van der Waals surface area contributed by atoms with Gasteiger partial charge in [-0.15, -0.1) is 0 Å². The van der Waals surface area contributed by atoms with Crippen LogP contribution in [0.25, 0.3) is 0 Å². The Labute approximate surface area is 117 Å². The third-order valence-corrected chi connectivity index (χ3v) is 7.94. The van der Waals surface area contributed by atoms with Crippen LogP contribution in [0, 0.1) is 11.8 Å². The van der Waals surface area contributed by atoms with Crippen LogP contribution in [0.5, 0.6) is 0 Å². The Kier molecular flexibility index (Phi) is 4.24. The molecule has 0 bridgehead atoms. The van der Waals surface area contributed by atoms with E-state index < -0.39 is 8.07 Å². The average Bonchev–Trinajstić information content (AvgIpc) is 2.46. The molecule has 2 rings (SSSR count). The van der Waals surface area contributed by atoms with E-state index in [-0.39, 0.29) is 0 Å². The molecule has 0 aliphatic rings. The molecule has 2 aromatic rings. The van der Waals surface area contributed by atoms with Gasteiger partial charge in [0.15, 0.2) is 0 Å². The minimum absolute atomic E-state index is 0.440. The van der Waals surface area contributed by atoms with Crippen molar-refractivity contribution in [1.82, 2.24) is 0 Å². The zero-order valence-corrected chi connectivity index (χ0v) is 12.9. The van der Waals surface area contributed by atoms with E-state index in [0.29, 0.717) is 5.54 Å². The molecule has 1 heteroatoms. The van der Waals surface area contributed by atoms with Crippen LogP contribution in [-0.2, 0) is 0 Å². The lowest BCUT2D eigenvalue weighted by atomic mass is 10.2. The molecule has 0 saturated carbocycles. The quantitative estimate of drug-likeness (QED) is 0.567. The topological polar surface area (TPSA) is 0 Å². The first-order valence-electron chi connectivity index (χ1n) is 6.73. The van der Waals surface area contributed by atoms with Crippen molar-refractivity contribution in [1.29, 1.82) is 0 Å². The smallest absolute Gasteiger partial charge is 0.0958 e. The Bertz CT molecular complexity index is 573. The van der Waals surface area contributed by atoms with Crippen molar-refractivity contribution in [3.05, 3.63) is 66.2 Å². The third kappa shape index (κ3) is 3.36. The summed E-state index contributed by atoms with van der Waals surface area (Å²) in [5.74, 6) is 6.75. The Morgan fingerprint density at radius 1 is 0.842 bits per heavy atom. The summed E-state index contributed by atoms with van der Waals surface area (Å²) in [4.78, 5) is 0. The second-order valence-electron chi connectivity index (χ2n) is 5.44. The fourth-order valence-corrected chi connectivity index (χ4v) is 4.00. The van der Waals surface area contributed by atoms with E-state index in [9.17, 15) is 0 Å². The summed E-state index contributed by atoms with van der Waals surface area (Å²) in [6.45, 7) is 7.05. The van der Waals surface area contributed by atoms with Crippen molar-refractivity contribution in [3.8, 4) is 11.8 Å². The molecular formula is C18H20Si. The second-order valence-corrected chi connectivity index (χ2v) is 10.3. The van der Waals surface area contributed by atoms with Crippen molar-refractivity contribution in [3.63, 3.8) is 0 Å². The van der Waals surface area contributed by atoms with Crippen LogP contribution in [0.1, 0.15) is 12.5 Å². The van der Waals surface area contributed by atoms with Crippen molar-refractivity contribution in [2.75, 3.05) is 0 Å². The molecule has 1 atom stereocenters. The minimum Gasteiger partial charge on any atom is -0.0975 e. The molecule has 0 saturated heterocycles. The van der Waals surface area contributed by atoms with Crippen LogP contribution in [0.4, 0.5) is 0 Å². The Morgan fingerprint density at radius 3 is 1.95 bits per heavy atom. The Morgan fingerprint density at radius 2 is 1.37 bits per heavy atom. The molecule has 0 fully saturated rings. The molecule has 0 N–H and O–H groups in total. The van der Waals surface area contributed by atoms with Crippen molar-refractivity contribution in [2.45, 2.75) is 25.6 Å². The van der Waals surface area contributed by atoms with Gasteiger partial charge in [0.1, 0.15) is 0 Å². The average molecular weight is 264 g/mol. The van der Waals surface area contributed by atoms with E-state index in [2.05, 4.69) is 74.3 Å². The highest BCUT2D eigenvalue weighted by Crippen LogP contribution is 2.20. The fourth-order valence-electron chi connectivity index (χ4n) is 2.01. The number of hydrogen-bond acceptors (Lipinski definition) is 0. The van der Waals surface area contributed by atoms with Gasteiger partial charge in [-0.1, -0.05) is 85.6 Å². The van der Waals surface area contributed by atoms with Gasteiger partial charge in [-0.2, -0.15) is 0 Å². The standard InChI is InChI=1S/C18H20Si/c1-16(14-15-17-10-6-4-7-11-17)19(2,3)18-12-8-5-9-13-18/h4-13,16H,1-3H3. The third-order valence-electron chi connectivity index (χ3n) is 3.81. The first kappa shape index (κ1) is 13.6. The van der Waals surface area contributed by atoms with Gasteiger partial charge in [0.05, 0.1) is 8.07 Å². The van der Waals surface area contributed by atoms with Crippen molar-refractivity contribution < 1.29 is 0 Å². The van der Waals surface area contributed by atoms with Crippen LogP contribution in [-0.4, -0.2) is 8.07 Å². The molecule has 0 spiro atoms. The predicted molar refractivity (Wildman–Crippen MR) is 86.3 cm³/mol. The largest absolute Gasteiger partial charge is 0.0975 e. The highest BCUT2D eigenvalue weighted by atomic mass is 28.3. The maximum atomic E-state index is 3.45. The van der Waals surface area contributed by atoms with E-state index in [4.69, 9.17) is 0 Å². The molecule has 0 aromatic heterocycles. The highest BCUT2D eigenvalue weighted by Gasteiger charge is 2.29. The molecule has 19 heavy (non-hydrogen) atoms. The van der Waals surface area contributed by atoms with Gasteiger partial charge < -0.3 is 0 Å². The van der Waals surface area contributed by atoms with Gasteiger partial charge in [-0.05, 0) is 12.1 Å². The molecule has 1 unspecified atom stereocenters. The molecule has 2 aromatic carbocycles. The van der Waals surface area contributed by atoms with Crippen molar-refractivity contribution >= 4 is 13.3 Å². The second kappa shape index (κ2) is 5.91. The molecule has 96 valence electrons. The van der Waals surface area contributed by atoms with Gasteiger partial charge in [0.25, 0.3) is 0 Å². The Hall–Kier alpha value is -1.78. The summed E-state index contributed by atoms with van der Waals surface area (Å²) in [5.41, 5.74) is 1.54. The van der Waals surface area contributed by atoms with E-state index >= 15 is 0 Å². The number of hydrogen-bond donors (Lipinski definition) is 0. The zero-order valence-electron chi connectivity index (χ0n) is 11.9. The summed E-state index contributed by atoms with van der Waals surface area (Å²) < 4.78 is 0. The molecule has 0 amide bonds. The predicted octanol–water partition coefficient (Wildman–Crippen LogP) is 4.04. The van der Waals surface area contributed by atoms with E-state index in [1.807, 2.05) is 18.2 Å². The van der Waals surface area contributed by atoms with Crippen LogP contribution < -0.4 is 5.19 Å². The maximum absolute atomic E-state index is 3.45.